The molecular weight excluding hydrogens is 326 g/mol. The highest BCUT2D eigenvalue weighted by atomic mass is 19.4. The third kappa shape index (κ3) is 3.53. The van der Waals surface area contributed by atoms with Gasteiger partial charge in [-0.3, -0.25) is 0 Å². The molecule has 0 unspecified atom stereocenters. The molecule has 0 aliphatic heterocycles. The van der Waals surface area contributed by atoms with Gasteiger partial charge in [-0.15, -0.1) is 18.3 Å². The molecule has 4 nitrogen and oxygen atoms in total. The number of ether oxygens (including phenoxy) is 1. The van der Waals surface area contributed by atoms with Crippen molar-refractivity contribution in [2.75, 3.05) is 0 Å². The SMILES string of the molecule is Cc1ccc(-c2ncn(-c3ccc(OC(F)(F)F)cc3)n2)cc1F. The summed E-state index contributed by atoms with van der Waals surface area (Å²) in [6.45, 7) is 1.65. The van der Waals surface area contributed by atoms with E-state index in [9.17, 15) is 17.6 Å². The van der Waals surface area contributed by atoms with Crippen LogP contribution in [-0.2, 0) is 0 Å². The van der Waals surface area contributed by atoms with Gasteiger partial charge in [-0.05, 0) is 42.8 Å². The van der Waals surface area contributed by atoms with Crippen molar-refractivity contribution in [2.24, 2.45) is 0 Å². The molecule has 0 aliphatic rings. The molecule has 1 heterocycles. The zero-order chi connectivity index (χ0) is 17.3. The second-order valence-corrected chi connectivity index (χ2v) is 5.02. The maximum atomic E-state index is 13.6. The molecular formula is C16H11F4N3O. The van der Waals surface area contributed by atoms with Gasteiger partial charge in [0.2, 0.25) is 0 Å². The van der Waals surface area contributed by atoms with Crippen LogP contribution < -0.4 is 4.74 Å². The molecule has 0 aliphatic carbocycles. The van der Waals surface area contributed by atoms with Crippen molar-refractivity contribution < 1.29 is 22.3 Å². The van der Waals surface area contributed by atoms with Gasteiger partial charge in [0, 0.05) is 5.56 Å². The zero-order valence-corrected chi connectivity index (χ0v) is 12.4. The highest BCUT2D eigenvalue weighted by Crippen LogP contribution is 2.24. The lowest BCUT2D eigenvalue weighted by Gasteiger charge is -2.09. The second kappa shape index (κ2) is 5.95. The Hall–Kier alpha value is -2.90. The fraction of sp³-hybridized carbons (Fsp3) is 0.125. The highest BCUT2D eigenvalue weighted by molar-refractivity contribution is 5.55. The molecule has 0 saturated carbocycles. The lowest BCUT2D eigenvalue weighted by Crippen LogP contribution is -2.17. The maximum absolute atomic E-state index is 13.6. The summed E-state index contributed by atoms with van der Waals surface area (Å²) in [6, 6.07) is 9.82. The molecule has 0 amide bonds. The number of hydrogen-bond acceptors (Lipinski definition) is 3. The summed E-state index contributed by atoms with van der Waals surface area (Å²) in [6.07, 6.45) is -3.34. The van der Waals surface area contributed by atoms with Gasteiger partial charge < -0.3 is 4.74 Å². The number of halogens is 4. The standard InChI is InChI=1S/C16H11F4N3O/c1-10-2-3-11(8-14(10)17)15-21-9-23(22-15)12-4-6-13(7-5-12)24-16(18,19)20/h2-9H,1H3. The van der Waals surface area contributed by atoms with E-state index in [2.05, 4.69) is 14.8 Å². The van der Waals surface area contributed by atoms with E-state index in [1.807, 2.05) is 0 Å². The molecule has 1 aromatic heterocycles. The monoisotopic (exact) mass is 337 g/mol. The van der Waals surface area contributed by atoms with Crippen molar-refractivity contribution in [1.82, 2.24) is 14.8 Å². The summed E-state index contributed by atoms with van der Waals surface area (Å²) < 4.78 is 55.2. The molecule has 0 fully saturated rings. The van der Waals surface area contributed by atoms with Crippen molar-refractivity contribution in [2.45, 2.75) is 13.3 Å². The quantitative estimate of drug-likeness (QED) is 0.670. The van der Waals surface area contributed by atoms with Crippen LogP contribution in [0.3, 0.4) is 0 Å². The van der Waals surface area contributed by atoms with Crippen LogP contribution in [0.15, 0.2) is 48.8 Å². The van der Waals surface area contributed by atoms with Gasteiger partial charge in [0.15, 0.2) is 5.82 Å². The number of aryl methyl sites for hydroxylation is 1. The number of rotatable bonds is 3. The third-order valence-electron chi connectivity index (χ3n) is 3.26. The summed E-state index contributed by atoms with van der Waals surface area (Å²) >= 11 is 0. The second-order valence-electron chi connectivity index (χ2n) is 5.02. The van der Waals surface area contributed by atoms with E-state index in [1.54, 1.807) is 19.1 Å². The van der Waals surface area contributed by atoms with E-state index in [0.717, 1.165) is 0 Å². The predicted molar refractivity (Wildman–Crippen MR) is 78.2 cm³/mol. The normalized spacial score (nSPS) is 11.5. The Morgan fingerprint density at radius 3 is 2.38 bits per heavy atom. The number of nitrogens with zero attached hydrogens (tertiary/aromatic N) is 3. The Balaban J connectivity index is 1.84. The Morgan fingerprint density at radius 2 is 1.75 bits per heavy atom. The van der Waals surface area contributed by atoms with E-state index in [4.69, 9.17) is 0 Å². The fourth-order valence-corrected chi connectivity index (χ4v) is 2.05. The maximum Gasteiger partial charge on any atom is 0.573 e. The van der Waals surface area contributed by atoms with Gasteiger partial charge in [-0.2, -0.15) is 0 Å². The first-order chi connectivity index (χ1) is 11.3. The lowest BCUT2D eigenvalue weighted by atomic mass is 10.1. The largest absolute Gasteiger partial charge is 0.573 e. The summed E-state index contributed by atoms with van der Waals surface area (Å²) in [5, 5.41) is 4.20. The molecule has 24 heavy (non-hydrogen) atoms. The van der Waals surface area contributed by atoms with Gasteiger partial charge in [0.05, 0.1) is 5.69 Å². The molecule has 0 radical (unpaired) electrons. The van der Waals surface area contributed by atoms with Crippen LogP contribution in [0.25, 0.3) is 17.1 Å². The Morgan fingerprint density at radius 1 is 1.04 bits per heavy atom. The number of aromatic nitrogens is 3. The van der Waals surface area contributed by atoms with Crippen LogP contribution >= 0.6 is 0 Å². The first-order valence-corrected chi connectivity index (χ1v) is 6.86. The van der Waals surface area contributed by atoms with E-state index in [1.165, 1.54) is 41.3 Å². The van der Waals surface area contributed by atoms with Gasteiger partial charge in [-0.25, -0.2) is 14.1 Å². The summed E-state index contributed by atoms with van der Waals surface area (Å²) in [7, 11) is 0. The number of hydrogen-bond donors (Lipinski definition) is 0. The van der Waals surface area contributed by atoms with E-state index in [-0.39, 0.29) is 11.6 Å². The van der Waals surface area contributed by atoms with Crippen molar-refractivity contribution in [3.05, 3.63) is 60.2 Å². The van der Waals surface area contributed by atoms with Crippen LogP contribution in [0.5, 0.6) is 5.75 Å². The summed E-state index contributed by atoms with van der Waals surface area (Å²) in [5.41, 5.74) is 1.52. The van der Waals surface area contributed by atoms with Crippen LogP contribution in [0.2, 0.25) is 0 Å². The van der Waals surface area contributed by atoms with Crippen LogP contribution in [0.4, 0.5) is 17.6 Å². The van der Waals surface area contributed by atoms with Gasteiger partial charge >= 0.3 is 6.36 Å². The minimum atomic E-state index is -4.74. The molecule has 0 saturated heterocycles. The molecule has 8 heteroatoms. The first-order valence-electron chi connectivity index (χ1n) is 6.86. The fourth-order valence-electron chi connectivity index (χ4n) is 2.05. The molecule has 0 atom stereocenters. The van der Waals surface area contributed by atoms with Gasteiger partial charge in [-0.1, -0.05) is 12.1 Å². The Kier molecular flexibility index (Phi) is 3.96. The smallest absolute Gasteiger partial charge is 0.406 e. The lowest BCUT2D eigenvalue weighted by molar-refractivity contribution is -0.274. The van der Waals surface area contributed by atoms with Crippen molar-refractivity contribution in [3.63, 3.8) is 0 Å². The molecule has 124 valence electrons. The molecule has 3 rings (SSSR count). The minimum absolute atomic E-state index is 0.310. The Labute approximate surface area is 134 Å². The molecule has 3 aromatic rings. The highest BCUT2D eigenvalue weighted by Gasteiger charge is 2.30. The molecule has 0 bridgehead atoms. The summed E-state index contributed by atoms with van der Waals surface area (Å²) in [4.78, 5) is 4.09. The predicted octanol–water partition coefficient (Wildman–Crippen LogP) is 4.28. The van der Waals surface area contributed by atoms with Crippen molar-refractivity contribution >= 4 is 0 Å². The summed E-state index contributed by atoms with van der Waals surface area (Å²) in [5.74, 6) is -0.380. The third-order valence-corrected chi connectivity index (χ3v) is 3.26. The minimum Gasteiger partial charge on any atom is -0.406 e. The van der Waals surface area contributed by atoms with Gasteiger partial charge in [0.25, 0.3) is 0 Å². The first kappa shape index (κ1) is 16.0. The van der Waals surface area contributed by atoms with E-state index in [0.29, 0.717) is 22.6 Å². The Bertz CT molecular complexity index is 857. The van der Waals surface area contributed by atoms with Crippen LogP contribution in [-0.4, -0.2) is 21.1 Å². The molecule has 2 aromatic carbocycles. The average molecular weight is 337 g/mol. The van der Waals surface area contributed by atoms with E-state index < -0.39 is 6.36 Å². The van der Waals surface area contributed by atoms with Crippen molar-refractivity contribution in [1.29, 1.82) is 0 Å². The average Bonchev–Trinajstić information content (AvgIpc) is 2.99. The van der Waals surface area contributed by atoms with Gasteiger partial charge in [0.1, 0.15) is 17.9 Å². The number of alkyl halides is 3. The van der Waals surface area contributed by atoms with Crippen LogP contribution in [0.1, 0.15) is 5.56 Å². The molecule has 0 N–H and O–H groups in total. The number of benzene rings is 2. The van der Waals surface area contributed by atoms with E-state index >= 15 is 0 Å². The zero-order valence-electron chi connectivity index (χ0n) is 12.4. The van der Waals surface area contributed by atoms with Crippen LogP contribution in [0, 0.1) is 12.7 Å². The van der Waals surface area contributed by atoms with Crippen molar-refractivity contribution in [3.8, 4) is 22.8 Å². The molecule has 0 spiro atoms. The topological polar surface area (TPSA) is 39.9 Å².